The molecular weight excluding hydrogens is 236 g/mol. The first kappa shape index (κ1) is 12.4. The molecule has 0 aliphatic heterocycles. The molecule has 0 radical (unpaired) electrons. The zero-order valence-electron chi connectivity index (χ0n) is 11.4. The van der Waals surface area contributed by atoms with Crippen LogP contribution in [0.25, 0.3) is 10.8 Å². The molecule has 0 spiro atoms. The summed E-state index contributed by atoms with van der Waals surface area (Å²) in [6.07, 6.45) is 5.57. The van der Waals surface area contributed by atoms with Crippen molar-refractivity contribution in [2.24, 2.45) is 0 Å². The minimum absolute atomic E-state index is 0.717. The zero-order chi connectivity index (χ0) is 13.1. The fourth-order valence-electron chi connectivity index (χ4n) is 2.22. The van der Waals surface area contributed by atoms with Crippen LogP contribution in [0, 0.1) is 0 Å². The highest BCUT2D eigenvalue weighted by Gasteiger charge is 2.20. The minimum Gasteiger partial charge on any atom is -0.477 e. The van der Waals surface area contributed by atoms with Gasteiger partial charge in [0.2, 0.25) is 5.88 Å². The van der Waals surface area contributed by atoms with Crippen molar-refractivity contribution >= 4 is 10.8 Å². The molecule has 0 bridgehead atoms. The number of rotatable bonds is 6. The highest BCUT2D eigenvalue weighted by atomic mass is 16.5. The summed E-state index contributed by atoms with van der Waals surface area (Å²) >= 11 is 0. The smallest absolute Gasteiger partial charge is 0.221 e. The van der Waals surface area contributed by atoms with E-state index >= 15 is 0 Å². The van der Waals surface area contributed by atoms with E-state index in [-0.39, 0.29) is 0 Å². The maximum absolute atomic E-state index is 5.73. The van der Waals surface area contributed by atoms with Crippen LogP contribution >= 0.6 is 0 Å². The second kappa shape index (κ2) is 5.57. The van der Waals surface area contributed by atoms with E-state index in [1.165, 1.54) is 23.8 Å². The van der Waals surface area contributed by atoms with E-state index in [2.05, 4.69) is 35.4 Å². The number of pyridine rings is 1. The Hall–Kier alpha value is -1.61. The van der Waals surface area contributed by atoms with Crippen molar-refractivity contribution in [3.8, 4) is 5.88 Å². The van der Waals surface area contributed by atoms with Gasteiger partial charge in [-0.3, -0.25) is 0 Å². The molecule has 0 saturated heterocycles. The average Bonchev–Trinajstić information content (AvgIpc) is 3.27. The van der Waals surface area contributed by atoms with E-state index in [0.29, 0.717) is 0 Å². The van der Waals surface area contributed by atoms with Crippen molar-refractivity contribution < 1.29 is 4.74 Å². The van der Waals surface area contributed by atoms with E-state index in [1.54, 1.807) is 0 Å². The van der Waals surface area contributed by atoms with Crippen molar-refractivity contribution in [3.05, 3.63) is 36.0 Å². The topological polar surface area (TPSA) is 34.1 Å². The highest BCUT2D eigenvalue weighted by Crippen LogP contribution is 2.27. The van der Waals surface area contributed by atoms with Crippen molar-refractivity contribution in [3.63, 3.8) is 0 Å². The Morgan fingerprint density at radius 1 is 1.26 bits per heavy atom. The van der Waals surface area contributed by atoms with Gasteiger partial charge in [-0.25, -0.2) is 4.98 Å². The summed E-state index contributed by atoms with van der Waals surface area (Å²) < 4.78 is 5.73. The largest absolute Gasteiger partial charge is 0.477 e. The van der Waals surface area contributed by atoms with Gasteiger partial charge in [0.25, 0.3) is 0 Å². The summed E-state index contributed by atoms with van der Waals surface area (Å²) in [7, 11) is 0. The van der Waals surface area contributed by atoms with Crippen LogP contribution in [0.15, 0.2) is 30.5 Å². The molecule has 0 unspecified atom stereocenters. The van der Waals surface area contributed by atoms with Gasteiger partial charge in [0.05, 0.1) is 6.61 Å². The number of benzene rings is 1. The van der Waals surface area contributed by atoms with Crippen LogP contribution in [0.3, 0.4) is 0 Å². The second-order valence-corrected chi connectivity index (χ2v) is 5.14. The van der Waals surface area contributed by atoms with Gasteiger partial charge in [-0.05, 0) is 36.3 Å². The highest BCUT2D eigenvalue weighted by molar-refractivity contribution is 5.89. The monoisotopic (exact) mass is 256 g/mol. The first-order chi connectivity index (χ1) is 9.38. The lowest BCUT2D eigenvalue weighted by atomic mass is 10.1. The SMILES string of the molecule is CCCOc1ncc(CNC2CC2)c2ccccc12. The molecule has 1 fully saturated rings. The fourth-order valence-corrected chi connectivity index (χ4v) is 2.22. The Morgan fingerprint density at radius 2 is 2.05 bits per heavy atom. The number of aromatic nitrogens is 1. The molecule has 3 heteroatoms. The van der Waals surface area contributed by atoms with Gasteiger partial charge < -0.3 is 10.1 Å². The van der Waals surface area contributed by atoms with Crippen molar-refractivity contribution in [1.29, 1.82) is 0 Å². The molecule has 3 rings (SSSR count). The quantitative estimate of drug-likeness (QED) is 0.861. The van der Waals surface area contributed by atoms with Crippen LogP contribution in [0.2, 0.25) is 0 Å². The molecule has 1 aromatic carbocycles. The lowest BCUT2D eigenvalue weighted by Crippen LogP contribution is -2.15. The summed E-state index contributed by atoms with van der Waals surface area (Å²) in [6.45, 7) is 3.72. The molecule has 1 aromatic heterocycles. The normalized spacial score (nSPS) is 14.8. The number of nitrogens with zero attached hydrogens (tertiary/aromatic N) is 1. The zero-order valence-corrected chi connectivity index (χ0v) is 11.4. The Bertz CT molecular complexity index is 564. The van der Waals surface area contributed by atoms with Gasteiger partial charge in [0, 0.05) is 24.2 Å². The fraction of sp³-hybridized carbons (Fsp3) is 0.438. The maximum atomic E-state index is 5.73. The Kier molecular flexibility index (Phi) is 3.65. The predicted octanol–water partition coefficient (Wildman–Crippen LogP) is 3.28. The first-order valence-corrected chi connectivity index (χ1v) is 7.11. The molecule has 2 aromatic rings. The van der Waals surface area contributed by atoms with Gasteiger partial charge in [-0.2, -0.15) is 0 Å². The van der Waals surface area contributed by atoms with Crippen molar-refractivity contribution in [1.82, 2.24) is 10.3 Å². The van der Waals surface area contributed by atoms with Crippen LogP contribution in [0.5, 0.6) is 5.88 Å². The number of ether oxygens (including phenoxy) is 1. The van der Waals surface area contributed by atoms with Crippen LogP contribution in [-0.4, -0.2) is 17.6 Å². The van der Waals surface area contributed by atoms with Crippen LogP contribution in [0.1, 0.15) is 31.7 Å². The Labute approximate surface area is 114 Å². The molecule has 0 amide bonds. The molecule has 0 atom stereocenters. The third kappa shape index (κ3) is 2.87. The minimum atomic E-state index is 0.717. The summed E-state index contributed by atoms with van der Waals surface area (Å²) in [5.74, 6) is 0.757. The van der Waals surface area contributed by atoms with E-state index in [1.807, 2.05) is 12.3 Å². The van der Waals surface area contributed by atoms with E-state index in [9.17, 15) is 0 Å². The third-order valence-corrected chi connectivity index (χ3v) is 3.44. The molecule has 1 aliphatic carbocycles. The van der Waals surface area contributed by atoms with Gasteiger partial charge in [0.15, 0.2) is 0 Å². The van der Waals surface area contributed by atoms with Gasteiger partial charge in [-0.1, -0.05) is 25.1 Å². The molecule has 1 N–H and O–H groups in total. The standard InChI is InChI=1S/C16H20N2O/c1-2-9-19-16-15-6-4-3-5-14(15)12(11-18-16)10-17-13-7-8-13/h3-6,11,13,17H,2,7-10H2,1H3. The number of hydrogen-bond acceptors (Lipinski definition) is 3. The predicted molar refractivity (Wildman–Crippen MR) is 77.4 cm³/mol. The maximum Gasteiger partial charge on any atom is 0.221 e. The lowest BCUT2D eigenvalue weighted by Gasteiger charge is -2.11. The number of fused-ring (bicyclic) bond motifs is 1. The number of hydrogen-bond donors (Lipinski definition) is 1. The van der Waals surface area contributed by atoms with Crippen molar-refractivity contribution in [2.75, 3.05) is 6.61 Å². The summed E-state index contributed by atoms with van der Waals surface area (Å²) in [5, 5.41) is 5.91. The second-order valence-electron chi connectivity index (χ2n) is 5.14. The summed E-state index contributed by atoms with van der Waals surface area (Å²) in [6, 6.07) is 9.08. The van der Waals surface area contributed by atoms with E-state index in [4.69, 9.17) is 4.74 Å². The van der Waals surface area contributed by atoms with E-state index in [0.717, 1.165) is 36.9 Å². The van der Waals surface area contributed by atoms with Gasteiger partial charge in [0.1, 0.15) is 0 Å². The Balaban J connectivity index is 1.90. The van der Waals surface area contributed by atoms with Crippen LogP contribution < -0.4 is 10.1 Å². The summed E-state index contributed by atoms with van der Waals surface area (Å²) in [4.78, 5) is 4.48. The Morgan fingerprint density at radius 3 is 2.79 bits per heavy atom. The third-order valence-electron chi connectivity index (χ3n) is 3.44. The molecule has 3 nitrogen and oxygen atoms in total. The van der Waals surface area contributed by atoms with Crippen molar-refractivity contribution in [2.45, 2.75) is 38.8 Å². The molecule has 1 saturated carbocycles. The average molecular weight is 256 g/mol. The molecule has 1 heterocycles. The van der Waals surface area contributed by atoms with Gasteiger partial charge >= 0.3 is 0 Å². The molecule has 1 aliphatic rings. The molecule has 19 heavy (non-hydrogen) atoms. The molecular formula is C16H20N2O. The van der Waals surface area contributed by atoms with Crippen LogP contribution in [-0.2, 0) is 6.54 Å². The van der Waals surface area contributed by atoms with Gasteiger partial charge in [-0.15, -0.1) is 0 Å². The van der Waals surface area contributed by atoms with E-state index < -0.39 is 0 Å². The summed E-state index contributed by atoms with van der Waals surface area (Å²) in [5.41, 5.74) is 1.26. The van der Waals surface area contributed by atoms with Crippen LogP contribution in [0.4, 0.5) is 0 Å². The number of nitrogens with one attached hydrogen (secondary N) is 1. The first-order valence-electron chi connectivity index (χ1n) is 7.11. The lowest BCUT2D eigenvalue weighted by molar-refractivity contribution is 0.309. The molecule has 100 valence electrons.